The number of hydrogen-bond donors (Lipinski definition) is 2. The van der Waals surface area contributed by atoms with Gasteiger partial charge in [-0.05, 0) is 12.1 Å². The van der Waals surface area contributed by atoms with Gasteiger partial charge in [0.2, 0.25) is 0 Å². The van der Waals surface area contributed by atoms with Gasteiger partial charge in [0.25, 0.3) is 0 Å². The van der Waals surface area contributed by atoms with Gasteiger partial charge in [-0.15, -0.1) is 0 Å². The summed E-state index contributed by atoms with van der Waals surface area (Å²) >= 11 is 0. The van der Waals surface area contributed by atoms with Crippen LogP contribution in [0.1, 0.15) is 5.56 Å². The molecular formula is C10H9F2N3O2. The molecule has 0 bridgehead atoms. The van der Waals surface area contributed by atoms with Crippen LogP contribution in [0.2, 0.25) is 0 Å². The van der Waals surface area contributed by atoms with E-state index in [1.54, 1.807) is 0 Å². The minimum Gasteiger partial charge on any atom is -0.448 e. The second kappa shape index (κ2) is 5.65. The summed E-state index contributed by atoms with van der Waals surface area (Å²) in [5.41, 5.74) is 4.21. The topological polar surface area (TPSA) is 88.1 Å². The highest BCUT2D eigenvalue weighted by atomic mass is 19.2. The molecule has 0 fully saturated rings. The lowest BCUT2D eigenvalue weighted by atomic mass is 10.2. The van der Waals surface area contributed by atoms with Crippen molar-refractivity contribution in [1.82, 2.24) is 0 Å². The third-order valence-corrected chi connectivity index (χ3v) is 1.86. The van der Waals surface area contributed by atoms with Crippen LogP contribution in [0, 0.1) is 23.0 Å². The summed E-state index contributed by atoms with van der Waals surface area (Å²) in [6, 6.07) is 3.89. The summed E-state index contributed by atoms with van der Waals surface area (Å²) in [4.78, 5) is 10.2. The highest BCUT2D eigenvalue weighted by molar-refractivity contribution is 5.64. The zero-order valence-corrected chi connectivity index (χ0v) is 8.67. The first kappa shape index (κ1) is 12.7. The van der Waals surface area contributed by atoms with E-state index in [0.717, 1.165) is 6.07 Å². The van der Waals surface area contributed by atoms with E-state index in [0.29, 0.717) is 0 Å². The molecule has 0 aliphatic rings. The number of nitrogens with two attached hydrogens (primary N) is 1. The quantitative estimate of drug-likeness (QED) is 0.778. The maximum atomic E-state index is 13.3. The summed E-state index contributed by atoms with van der Waals surface area (Å²) in [7, 11) is 0. The van der Waals surface area contributed by atoms with Gasteiger partial charge in [-0.2, -0.15) is 5.26 Å². The Morgan fingerprint density at radius 1 is 1.47 bits per heavy atom. The zero-order valence-electron chi connectivity index (χ0n) is 8.67. The van der Waals surface area contributed by atoms with Gasteiger partial charge < -0.3 is 15.8 Å². The van der Waals surface area contributed by atoms with E-state index in [-0.39, 0.29) is 24.4 Å². The second-order valence-electron chi connectivity index (χ2n) is 2.99. The Morgan fingerprint density at radius 2 is 2.18 bits per heavy atom. The molecule has 0 atom stereocenters. The molecule has 17 heavy (non-hydrogen) atoms. The van der Waals surface area contributed by atoms with Crippen molar-refractivity contribution >= 4 is 11.8 Å². The number of nitrogens with zero attached hydrogens (tertiary/aromatic N) is 1. The highest BCUT2D eigenvalue weighted by Crippen LogP contribution is 2.19. The number of primary amides is 1. The number of nitrogens with one attached hydrogen (secondary N) is 1. The Hall–Kier alpha value is -2.36. The number of anilines is 1. The lowest BCUT2D eigenvalue weighted by Crippen LogP contribution is -2.18. The maximum Gasteiger partial charge on any atom is 0.404 e. The fourth-order valence-corrected chi connectivity index (χ4v) is 1.11. The molecule has 0 saturated heterocycles. The van der Waals surface area contributed by atoms with Crippen LogP contribution in [0.3, 0.4) is 0 Å². The molecule has 0 aromatic heterocycles. The standard InChI is InChI=1S/C10H9F2N3O2/c11-8-6(5-13)1-2-7(9(8)12)15-3-4-17-10(14)16/h1-2,15H,3-4H2,(H2,14,16). The zero-order chi connectivity index (χ0) is 12.8. The van der Waals surface area contributed by atoms with E-state index in [4.69, 9.17) is 11.0 Å². The van der Waals surface area contributed by atoms with Gasteiger partial charge in [0.15, 0.2) is 11.6 Å². The molecule has 5 nitrogen and oxygen atoms in total. The molecule has 0 unspecified atom stereocenters. The molecule has 0 radical (unpaired) electrons. The molecule has 1 amide bonds. The molecule has 0 aliphatic carbocycles. The second-order valence-corrected chi connectivity index (χ2v) is 2.99. The van der Waals surface area contributed by atoms with E-state index < -0.39 is 17.7 Å². The Labute approximate surface area is 95.8 Å². The molecule has 0 aliphatic heterocycles. The minimum absolute atomic E-state index is 0.0730. The van der Waals surface area contributed by atoms with Gasteiger partial charge in [-0.1, -0.05) is 0 Å². The van der Waals surface area contributed by atoms with Crippen molar-refractivity contribution < 1.29 is 18.3 Å². The predicted molar refractivity (Wildman–Crippen MR) is 55.1 cm³/mol. The van der Waals surface area contributed by atoms with E-state index in [1.165, 1.54) is 12.1 Å². The lowest BCUT2D eigenvalue weighted by Gasteiger charge is -2.08. The van der Waals surface area contributed by atoms with E-state index in [1.807, 2.05) is 0 Å². The molecule has 0 heterocycles. The lowest BCUT2D eigenvalue weighted by molar-refractivity contribution is 0.161. The van der Waals surface area contributed by atoms with Crippen molar-refractivity contribution in [3.05, 3.63) is 29.3 Å². The first-order valence-corrected chi connectivity index (χ1v) is 4.60. The number of carbonyl (C=O) groups is 1. The molecule has 1 aromatic rings. The number of amides is 1. The Balaban J connectivity index is 2.64. The van der Waals surface area contributed by atoms with Gasteiger partial charge in [-0.3, -0.25) is 0 Å². The monoisotopic (exact) mass is 241 g/mol. The van der Waals surface area contributed by atoms with Gasteiger partial charge in [0.1, 0.15) is 12.7 Å². The average Bonchev–Trinajstić information content (AvgIpc) is 2.29. The summed E-state index contributed by atoms with van der Waals surface area (Å²) in [6.45, 7) is 0.00158. The van der Waals surface area contributed by atoms with E-state index >= 15 is 0 Å². The summed E-state index contributed by atoms with van der Waals surface area (Å²) < 4.78 is 30.9. The summed E-state index contributed by atoms with van der Waals surface area (Å²) in [5.74, 6) is -2.36. The van der Waals surface area contributed by atoms with Crippen LogP contribution in [-0.2, 0) is 4.74 Å². The van der Waals surface area contributed by atoms with Crippen LogP contribution in [0.25, 0.3) is 0 Å². The van der Waals surface area contributed by atoms with E-state index in [2.05, 4.69) is 10.1 Å². The SMILES string of the molecule is N#Cc1ccc(NCCOC(N)=O)c(F)c1F. The molecule has 90 valence electrons. The Bertz CT molecular complexity index is 471. The molecule has 0 saturated carbocycles. The molecule has 7 heteroatoms. The number of carbonyl (C=O) groups excluding carboxylic acids is 1. The van der Waals surface area contributed by atoms with Crippen LogP contribution in [0.4, 0.5) is 19.3 Å². The summed E-state index contributed by atoms with van der Waals surface area (Å²) in [5, 5.41) is 11.0. The molecule has 1 aromatic carbocycles. The van der Waals surface area contributed by atoms with Gasteiger partial charge in [0, 0.05) is 6.54 Å². The van der Waals surface area contributed by atoms with Gasteiger partial charge in [-0.25, -0.2) is 13.6 Å². The van der Waals surface area contributed by atoms with E-state index in [9.17, 15) is 13.6 Å². The van der Waals surface area contributed by atoms with Crippen molar-refractivity contribution in [3.63, 3.8) is 0 Å². The van der Waals surface area contributed by atoms with Crippen LogP contribution >= 0.6 is 0 Å². The maximum absolute atomic E-state index is 13.3. The van der Waals surface area contributed by atoms with Crippen LogP contribution in [-0.4, -0.2) is 19.2 Å². The number of nitriles is 1. The first-order chi connectivity index (χ1) is 8.06. The molecular weight excluding hydrogens is 232 g/mol. The van der Waals surface area contributed by atoms with Crippen LogP contribution in [0.15, 0.2) is 12.1 Å². The molecule has 0 spiro atoms. The summed E-state index contributed by atoms with van der Waals surface area (Å²) in [6.07, 6.45) is -0.946. The van der Waals surface area contributed by atoms with Crippen LogP contribution in [0.5, 0.6) is 0 Å². The van der Waals surface area contributed by atoms with Crippen molar-refractivity contribution in [3.8, 4) is 6.07 Å². The minimum atomic E-state index is -1.21. The predicted octanol–water partition coefficient (Wildman–Crippen LogP) is 1.34. The smallest absolute Gasteiger partial charge is 0.404 e. The highest BCUT2D eigenvalue weighted by Gasteiger charge is 2.12. The Kier molecular flexibility index (Phi) is 4.22. The molecule has 3 N–H and O–H groups in total. The first-order valence-electron chi connectivity index (χ1n) is 4.60. The van der Waals surface area contributed by atoms with Crippen molar-refractivity contribution in [2.75, 3.05) is 18.5 Å². The van der Waals surface area contributed by atoms with Gasteiger partial charge in [0.05, 0.1) is 11.3 Å². The normalized spacial score (nSPS) is 9.47. The number of benzene rings is 1. The van der Waals surface area contributed by atoms with Crippen LogP contribution < -0.4 is 11.1 Å². The number of rotatable bonds is 4. The number of halogens is 2. The third kappa shape index (κ3) is 3.31. The molecule has 1 rings (SSSR count). The largest absolute Gasteiger partial charge is 0.448 e. The fraction of sp³-hybridized carbons (Fsp3) is 0.200. The third-order valence-electron chi connectivity index (χ3n) is 1.86. The number of ether oxygens (including phenoxy) is 1. The van der Waals surface area contributed by atoms with Crippen molar-refractivity contribution in [2.24, 2.45) is 5.73 Å². The number of hydrogen-bond acceptors (Lipinski definition) is 4. The fourth-order valence-electron chi connectivity index (χ4n) is 1.11. The van der Waals surface area contributed by atoms with Crippen molar-refractivity contribution in [2.45, 2.75) is 0 Å². The van der Waals surface area contributed by atoms with Gasteiger partial charge >= 0.3 is 6.09 Å². The Morgan fingerprint density at radius 3 is 2.76 bits per heavy atom. The average molecular weight is 241 g/mol. The van der Waals surface area contributed by atoms with Crippen molar-refractivity contribution in [1.29, 1.82) is 5.26 Å².